The average molecular weight is 286 g/mol. The minimum atomic E-state index is -0.0375. The lowest BCUT2D eigenvalue weighted by atomic mass is 10.1. The van der Waals surface area contributed by atoms with E-state index in [4.69, 9.17) is 0 Å². The van der Waals surface area contributed by atoms with Crippen LogP contribution in [0.1, 0.15) is 51.0 Å². The zero-order chi connectivity index (χ0) is 14.7. The summed E-state index contributed by atoms with van der Waals surface area (Å²) in [6, 6.07) is 10.8. The maximum absolute atomic E-state index is 12.8. The van der Waals surface area contributed by atoms with Gasteiger partial charge in [-0.1, -0.05) is 56.5 Å². The van der Waals surface area contributed by atoms with E-state index in [9.17, 15) is 4.79 Å². The molecule has 0 aromatic heterocycles. The van der Waals surface area contributed by atoms with E-state index in [2.05, 4.69) is 29.3 Å². The first-order chi connectivity index (χ1) is 10.3. The van der Waals surface area contributed by atoms with Crippen LogP contribution in [0.3, 0.4) is 0 Å². The van der Waals surface area contributed by atoms with Gasteiger partial charge in [0, 0.05) is 6.04 Å². The van der Waals surface area contributed by atoms with Crippen LogP contribution in [-0.4, -0.2) is 29.1 Å². The number of carbonyl (C=O) groups is 1. The van der Waals surface area contributed by atoms with Crippen molar-refractivity contribution in [2.24, 2.45) is 0 Å². The van der Waals surface area contributed by atoms with Gasteiger partial charge in [-0.3, -0.25) is 10.1 Å². The fraction of sp³-hybridized carbons (Fsp3) is 0.611. The number of hydrogen-bond donors (Lipinski definition) is 1. The molecule has 3 rings (SSSR count). The van der Waals surface area contributed by atoms with Gasteiger partial charge >= 0.3 is 0 Å². The number of carbonyl (C=O) groups excluding carboxylic acids is 1. The number of nitrogens with zero attached hydrogens (tertiary/aromatic N) is 1. The predicted molar refractivity (Wildman–Crippen MR) is 84.9 cm³/mol. The molecule has 1 aromatic carbocycles. The van der Waals surface area contributed by atoms with Gasteiger partial charge in [-0.15, -0.1) is 0 Å². The maximum atomic E-state index is 12.8. The van der Waals surface area contributed by atoms with Crippen LogP contribution in [0.5, 0.6) is 0 Å². The van der Waals surface area contributed by atoms with Gasteiger partial charge in [0.25, 0.3) is 0 Å². The first kappa shape index (κ1) is 14.6. The topological polar surface area (TPSA) is 32.3 Å². The summed E-state index contributed by atoms with van der Waals surface area (Å²) in [6.45, 7) is 2.20. The van der Waals surface area contributed by atoms with Crippen molar-refractivity contribution in [3.8, 4) is 0 Å². The van der Waals surface area contributed by atoms with Crippen molar-refractivity contribution in [3.63, 3.8) is 0 Å². The minimum Gasteiger partial charge on any atom is -0.323 e. The molecule has 1 aliphatic carbocycles. The van der Waals surface area contributed by atoms with E-state index in [1.165, 1.54) is 31.2 Å². The van der Waals surface area contributed by atoms with Crippen molar-refractivity contribution in [1.29, 1.82) is 0 Å². The molecule has 2 unspecified atom stereocenters. The van der Waals surface area contributed by atoms with Gasteiger partial charge in [0.05, 0.1) is 12.2 Å². The van der Waals surface area contributed by atoms with Crippen LogP contribution in [0, 0.1) is 0 Å². The summed E-state index contributed by atoms with van der Waals surface area (Å²) in [7, 11) is 0. The van der Waals surface area contributed by atoms with Gasteiger partial charge in [-0.05, 0) is 31.2 Å². The summed E-state index contributed by atoms with van der Waals surface area (Å²) in [5.74, 6) is 0.323. The third-order valence-corrected chi connectivity index (χ3v) is 4.84. The molecule has 0 radical (unpaired) electrons. The van der Waals surface area contributed by atoms with Crippen LogP contribution >= 0.6 is 0 Å². The van der Waals surface area contributed by atoms with Crippen LogP contribution in [0.2, 0.25) is 0 Å². The zero-order valence-corrected chi connectivity index (χ0v) is 12.9. The maximum Gasteiger partial charge on any atom is 0.241 e. The Labute approximate surface area is 127 Å². The molecule has 1 aromatic rings. The van der Waals surface area contributed by atoms with Crippen LogP contribution in [0.4, 0.5) is 0 Å². The summed E-state index contributed by atoms with van der Waals surface area (Å²) in [6.07, 6.45) is 8.16. The normalized spacial score (nSPS) is 26.7. The van der Waals surface area contributed by atoms with E-state index < -0.39 is 0 Å². The number of hydrogen-bond acceptors (Lipinski definition) is 2. The number of rotatable bonds is 5. The largest absolute Gasteiger partial charge is 0.323 e. The molecule has 114 valence electrons. The Morgan fingerprint density at radius 2 is 1.90 bits per heavy atom. The molecule has 2 fully saturated rings. The highest BCUT2D eigenvalue weighted by Crippen LogP contribution is 2.29. The van der Waals surface area contributed by atoms with Gasteiger partial charge in [0.2, 0.25) is 5.91 Å². The molecule has 2 aliphatic rings. The number of nitrogens with one attached hydrogen (secondary N) is 1. The molecule has 0 bridgehead atoms. The lowest BCUT2D eigenvalue weighted by Crippen LogP contribution is -2.43. The molecule has 1 aliphatic heterocycles. The summed E-state index contributed by atoms with van der Waals surface area (Å²) in [5, 5.41) is 3.59. The highest BCUT2D eigenvalue weighted by atomic mass is 16.2. The molecule has 3 heteroatoms. The van der Waals surface area contributed by atoms with E-state index in [1.807, 2.05) is 18.2 Å². The fourth-order valence-electron chi connectivity index (χ4n) is 3.83. The Balaban J connectivity index is 1.72. The van der Waals surface area contributed by atoms with Crippen molar-refractivity contribution < 1.29 is 4.79 Å². The highest BCUT2D eigenvalue weighted by Gasteiger charge is 2.42. The first-order valence-electron chi connectivity index (χ1n) is 8.41. The Morgan fingerprint density at radius 3 is 2.57 bits per heavy atom. The molecule has 1 N–H and O–H groups in total. The average Bonchev–Trinajstić information content (AvgIpc) is 3.10. The number of amides is 1. The smallest absolute Gasteiger partial charge is 0.241 e. The molecule has 1 amide bonds. The van der Waals surface area contributed by atoms with E-state index in [1.54, 1.807) is 0 Å². The summed E-state index contributed by atoms with van der Waals surface area (Å²) in [5.41, 5.74) is 1.24. The van der Waals surface area contributed by atoms with Crippen molar-refractivity contribution in [1.82, 2.24) is 10.2 Å². The van der Waals surface area contributed by atoms with Crippen LogP contribution in [0.15, 0.2) is 30.3 Å². The van der Waals surface area contributed by atoms with Gasteiger partial charge < -0.3 is 4.90 Å². The van der Waals surface area contributed by atoms with E-state index in [-0.39, 0.29) is 12.2 Å². The molecule has 1 saturated heterocycles. The molecule has 1 heterocycles. The Bertz CT molecular complexity index is 467. The van der Waals surface area contributed by atoms with Crippen LogP contribution < -0.4 is 5.32 Å². The second-order valence-electron chi connectivity index (χ2n) is 6.40. The molecule has 1 saturated carbocycles. The summed E-state index contributed by atoms with van der Waals surface area (Å²) in [4.78, 5) is 15.0. The van der Waals surface area contributed by atoms with Gasteiger partial charge in [0.1, 0.15) is 0 Å². The SMILES string of the molecule is CCCC1NC(Cc2ccccc2)C(=O)N1C1CCCC1. The summed E-state index contributed by atoms with van der Waals surface area (Å²) >= 11 is 0. The minimum absolute atomic E-state index is 0.0375. The Morgan fingerprint density at radius 1 is 1.19 bits per heavy atom. The number of benzene rings is 1. The van der Waals surface area contributed by atoms with Crippen molar-refractivity contribution >= 4 is 5.91 Å². The van der Waals surface area contributed by atoms with E-state index in [0.29, 0.717) is 11.9 Å². The fourth-order valence-corrected chi connectivity index (χ4v) is 3.83. The third-order valence-electron chi connectivity index (χ3n) is 4.84. The molecular formula is C18H26N2O. The molecular weight excluding hydrogens is 260 g/mol. The molecule has 21 heavy (non-hydrogen) atoms. The quantitative estimate of drug-likeness (QED) is 0.902. The van der Waals surface area contributed by atoms with Gasteiger partial charge in [-0.2, -0.15) is 0 Å². The predicted octanol–water partition coefficient (Wildman–Crippen LogP) is 3.10. The first-order valence-corrected chi connectivity index (χ1v) is 8.41. The Hall–Kier alpha value is -1.35. The monoisotopic (exact) mass is 286 g/mol. The summed E-state index contributed by atoms with van der Waals surface area (Å²) < 4.78 is 0. The van der Waals surface area contributed by atoms with Crippen LogP contribution in [0.25, 0.3) is 0 Å². The van der Waals surface area contributed by atoms with Crippen molar-refractivity contribution in [2.45, 2.75) is 70.1 Å². The van der Waals surface area contributed by atoms with Crippen molar-refractivity contribution in [2.75, 3.05) is 0 Å². The molecule has 2 atom stereocenters. The molecule has 3 nitrogen and oxygen atoms in total. The molecule has 0 spiro atoms. The van der Waals surface area contributed by atoms with E-state index >= 15 is 0 Å². The van der Waals surface area contributed by atoms with Gasteiger partial charge in [-0.25, -0.2) is 0 Å². The van der Waals surface area contributed by atoms with E-state index in [0.717, 1.165) is 19.3 Å². The second-order valence-corrected chi connectivity index (χ2v) is 6.40. The van der Waals surface area contributed by atoms with Crippen LogP contribution in [-0.2, 0) is 11.2 Å². The zero-order valence-electron chi connectivity index (χ0n) is 12.9. The second kappa shape index (κ2) is 6.61. The standard InChI is InChI=1S/C18H26N2O/c1-2-8-17-19-16(13-14-9-4-3-5-10-14)18(21)20(17)15-11-6-7-12-15/h3-5,9-10,15-17,19H,2,6-8,11-13H2,1H3. The highest BCUT2D eigenvalue weighted by molar-refractivity contribution is 5.85. The lowest BCUT2D eigenvalue weighted by molar-refractivity contribution is -0.132. The Kier molecular flexibility index (Phi) is 4.59. The van der Waals surface area contributed by atoms with Gasteiger partial charge in [0.15, 0.2) is 0 Å². The lowest BCUT2D eigenvalue weighted by Gasteiger charge is -2.30. The third kappa shape index (κ3) is 3.13. The van der Waals surface area contributed by atoms with Crippen molar-refractivity contribution in [3.05, 3.63) is 35.9 Å².